The van der Waals surface area contributed by atoms with Crippen LogP contribution in [0.4, 0.5) is 0 Å². The maximum atomic E-state index is 12.8. The molecule has 134 valence electrons. The minimum Gasteiger partial charge on any atom is -0.333 e. The minimum atomic E-state index is -0.0698. The quantitative estimate of drug-likeness (QED) is 0.857. The first-order chi connectivity index (χ1) is 12.0. The van der Waals surface area contributed by atoms with Gasteiger partial charge < -0.3 is 9.80 Å². The van der Waals surface area contributed by atoms with E-state index in [1.807, 2.05) is 30.0 Å². The van der Waals surface area contributed by atoms with Gasteiger partial charge in [0, 0.05) is 26.2 Å². The van der Waals surface area contributed by atoms with Crippen LogP contribution in [0.25, 0.3) is 5.69 Å². The first-order valence-corrected chi connectivity index (χ1v) is 9.05. The van der Waals surface area contributed by atoms with Crippen molar-refractivity contribution in [3.8, 4) is 5.69 Å². The maximum Gasteiger partial charge on any atom is 0.293 e. The van der Waals surface area contributed by atoms with Crippen molar-refractivity contribution in [3.05, 3.63) is 41.5 Å². The molecule has 1 fully saturated rings. The highest BCUT2D eigenvalue weighted by atomic mass is 16.2. The zero-order valence-electron chi connectivity index (χ0n) is 15.6. The maximum absolute atomic E-state index is 12.8. The van der Waals surface area contributed by atoms with E-state index in [0.717, 1.165) is 44.2 Å². The molecule has 0 aliphatic carbocycles. The number of amides is 1. The number of piperazine rings is 1. The van der Waals surface area contributed by atoms with Crippen LogP contribution in [-0.2, 0) is 0 Å². The monoisotopic (exact) mass is 341 g/mol. The second-order valence-electron chi connectivity index (χ2n) is 6.83. The van der Waals surface area contributed by atoms with Gasteiger partial charge in [-0.05, 0) is 31.0 Å². The molecule has 2 aromatic rings. The number of benzene rings is 1. The highest BCUT2D eigenvalue weighted by Crippen LogP contribution is 2.23. The van der Waals surface area contributed by atoms with Crippen molar-refractivity contribution in [1.29, 1.82) is 0 Å². The summed E-state index contributed by atoms with van der Waals surface area (Å²) >= 11 is 0. The Morgan fingerprint density at radius 2 is 1.84 bits per heavy atom. The Morgan fingerprint density at radius 1 is 1.16 bits per heavy atom. The Kier molecular flexibility index (Phi) is 5.18. The summed E-state index contributed by atoms with van der Waals surface area (Å²) in [5.74, 6) is 1.34. The van der Waals surface area contributed by atoms with Crippen molar-refractivity contribution in [2.45, 2.75) is 33.6 Å². The van der Waals surface area contributed by atoms with Crippen LogP contribution in [-0.4, -0.2) is 63.2 Å². The van der Waals surface area contributed by atoms with E-state index in [2.05, 4.69) is 41.8 Å². The molecule has 1 aliphatic rings. The second-order valence-corrected chi connectivity index (χ2v) is 6.83. The van der Waals surface area contributed by atoms with Crippen LogP contribution in [0, 0.1) is 6.92 Å². The number of nitrogens with zero attached hydrogens (tertiary/aromatic N) is 5. The Bertz CT molecular complexity index is 744. The van der Waals surface area contributed by atoms with E-state index >= 15 is 0 Å². The van der Waals surface area contributed by atoms with E-state index < -0.39 is 0 Å². The van der Waals surface area contributed by atoms with Crippen LogP contribution < -0.4 is 0 Å². The van der Waals surface area contributed by atoms with E-state index in [1.165, 1.54) is 5.56 Å². The lowest BCUT2D eigenvalue weighted by molar-refractivity contribution is 0.0631. The zero-order chi connectivity index (χ0) is 18.0. The highest BCUT2D eigenvalue weighted by Gasteiger charge is 2.25. The molecule has 1 aromatic heterocycles. The molecule has 2 heterocycles. The molecule has 1 aromatic carbocycles. The van der Waals surface area contributed by atoms with Gasteiger partial charge in [-0.3, -0.25) is 4.79 Å². The van der Waals surface area contributed by atoms with Gasteiger partial charge in [-0.1, -0.05) is 39.0 Å². The van der Waals surface area contributed by atoms with Crippen LogP contribution in [0.3, 0.4) is 0 Å². The Labute approximate surface area is 149 Å². The smallest absolute Gasteiger partial charge is 0.293 e. The Balaban J connectivity index is 1.85. The molecule has 1 saturated heterocycles. The predicted octanol–water partition coefficient (Wildman–Crippen LogP) is 2.48. The molecule has 0 radical (unpaired) electrons. The van der Waals surface area contributed by atoms with E-state index in [1.54, 1.807) is 4.68 Å². The number of para-hydroxylation sites is 1. The fraction of sp³-hybridized carbons (Fsp3) is 0.526. The third-order valence-electron chi connectivity index (χ3n) is 4.85. The molecule has 0 atom stereocenters. The molecular weight excluding hydrogens is 314 g/mol. The SMILES string of the molecule is CCN1CCN(C(=O)c2nc(C)n(-c3ccccc3C(C)C)n2)CC1. The largest absolute Gasteiger partial charge is 0.333 e. The van der Waals surface area contributed by atoms with Crippen molar-refractivity contribution in [3.63, 3.8) is 0 Å². The molecule has 0 unspecified atom stereocenters. The number of carbonyl (C=O) groups excluding carboxylic acids is 1. The second kappa shape index (κ2) is 7.35. The average Bonchev–Trinajstić information content (AvgIpc) is 3.02. The van der Waals surface area contributed by atoms with Crippen LogP contribution >= 0.6 is 0 Å². The number of rotatable bonds is 4. The number of hydrogen-bond donors (Lipinski definition) is 0. The highest BCUT2D eigenvalue weighted by molar-refractivity contribution is 5.90. The predicted molar refractivity (Wildman–Crippen MR) is 98.2 cm³/mol. The number of aromatic nitrogens is 3. The van der Waals surface area contributed by atoms with Crippen molar-refractivity contribution >= 4 is 5.91 Å². The van der Waals surface area contributed by atoms with Gasteiger partial charge in [0.2, 0.25) is 5.82 Å². The average molecular weight is 341 g/mol. The van der Waals surface area contributed by atoms with E-state index in [0.29, 0.717) is 11.7 Å². The molecule has 1 aliphatic heterocycles. The summed E-state index contributed by atoms with van der Waals surface area (Å²) in [5, 5.41) is 4.54. The summed E-state index contributed by atoms with van der Waals surface area (Å²) in [7, 11) is 0. The van der Waals surface area contributed by atoms with Gasteiger partial charge in [-0.2, -0.15) is 0 Å². The minimum absolute atomic E-state index is 0.0698. The van der Waals surface area contributed by atoms with Crippen LogP contribution in [0.15, 0.2) is 24.3 Å². The summed E-state index contributed by atoms with van der Waals surface area (Å²) in [6, 6.07) is 8.16. The molecule has 6 heteroatoms. The molecular formula is C19H27N5O. The summed E-state index contributed by atoms with van der Waals surface area (Å²) in [5.41, 5.74) is 2.20. The van der Waals surface area contributed by atoms with Crippen LogP contribution in [0.5, 0.6) is 0 Å². The van der Waals surface area contributed by atoms with E-state index in [-0.39, 0.29) is 5.91 Å². The van der Waals surface area contributed by atoms with Gasteiger partial charge in [0.25, 0.3) is 5.91 Å². The molecule has 0 saturated carbocycles. The number of aryl methyl sites for hydroxylation is 1. The molecule has 0 N–H and O–H groups in total. The van der Waals surface area contributed by atoms with Crippen molar-refractivity contribution in [1.82, 2.24) is 24.6 Å². The van der Waals surface area contributed by atoms with Crippen molar-refractivity contribution in [2.24, 2.45) is 0 Å². The topological polar surface area (TPSA) is 54.3 Å². The fourth-order valence-electron chi connectivity index (χ4n) is 3.29. The number of hydrogen-bond acceptors (Lipinski definition) is 4. The summed E-state index contributed by atoms with van der Waals surface area (Å²) in [6.45, 7) is 12.7. The van der Waals surface area contributed by atoms with Gasteiger partial charge in [-0.15, -0.1) is 5.10 Å². The summed E-state index contributed by atoms with van der Waals surface area (Å²) in [4.78, 5) is 21.4. The van der Waals surface area contributed by atoms with Crippen molar-refractivity contribution < 1.29 is 4.79 Å². The molecule has 1 amide bonds. The van der Waals surface area contributed by atoms with Crippen molar-refractivity contribution in [2.75, 3.05) is 32.7 Å². The van der Waals surface area contributed by atoms with Gasteiger partial charge >= 0.3 is 0 Å². The molecule has 0 spiro atoms. The normalized spacial score (nSPS) is 15.8. The first-order valence-electron chi connectivity index (χ1n) is 9.05. The first kappa shape index (κ1) is 17.6. The van der Waals surface area contributed by atoms with E-state index in [9.17, 15) is 4.79 Å². The summed E-state index contributed by atoms with van der Waals surface area (Å²) < 4.78 is 1.80. The van der Waals surface area contributed by atoms with Gasteiger partial charge in [-0.25, -0.2) is 9.67 Å². The fourth-order valence-corrected chi connectivity index (χ4v) is 3.29. The lowest BCUT2D eigenvalue weighted by Crippen LogP contribution is -2.48. The lowest BCUT2D eigenvalue weighted by atomic mass is 10.0. The van der Waals surface area contributed by atoms with Gasteiger partial charge in [0.1, 0.15) is 5.82 Å². The Morgan fingerprint density at radius 3 is 2.48 bits per heavy atom. The van der Waals surface area contributed by atoms with Gasteiger partial charge in [0.15, 0.2) is 0 Å². The molecule has 3 rings (SSSR count). The number of carbonyl (C=O) groups is 1. The van der Waals surface area contributed by atoms with Crippen LogP contribution in [0.1, 0.15) is 48.7 Å². The molecule has 6 nitrogen and oxygen atoms in total. The third-order valence-corrected chi connectivity index (χ3v) is 4.85. The summed E-state index contributed by atoms with van der Waals surface area (Å²) in [6.07, 6.45) is 0. The van der Waals surface area contributed by atoms with Crippen LogP contribution in [0.2, 0.25) is 0 Å². The standard InChI is InChI=1S/C19H27N5O/c1-5-22-10-12-23(13-11-22)19(25)18-20-15(4)24(21-18)17-9-7-6-8-16(17)14(2)3/h6-9,14H,5,10-13H2,1-4H3. The van der Waals surface area contributed by atoms with E-state index in [4.69, 9.17) is 0 Å². The zero-order valence-corrected chi connectivity index (χ0v) is 15.6. The molecule has 0 bridgehead atoms. The third kappa shape index (κ3) is 3.58. The van der Waals surface area contributed by atoms with Gasteiger partial charge in [0.05, 0.1) is 5.69 Å². The molecule has 25 heavy (non-hydrogen) atoms. The number of likely N-dealkylation sites (N-methyl/N-ethyl adjacent to an activating group) is 1. The lowest BCUT2D eigenvalue weighted by Gasteiger charge is -2.33. The Hall–Kier alpha value is -2.21.